The van der Waals surface area contributed by atoms with Crippen molar-refractivity contribution in [3.8, 4) is 5.88 Å². The van der Waals surface area contributed by atoms with Crippen molar-refractivity contribution in [3.63, 3.8) is 0 Å². The highest BCUT2D eigenvalue weighted by Gasteiger charge is 2.07. The van der Waals surface area contributed by atoms with E-state index < -0.39 is 0 Å². The number of pyridine rings is 1. The van der Waals surface area contributed by atoms with Crippen LogP contribution in [0.4, 0.5) is 0 Å². The summed E-state index contributed by atoms with van der Waals surface area (Å²) in [6, 6.07) is 4.08. The number of methoxy groups -OCH3 is 1. The molecule has 0 amide bonds. The number of nitrogens with one attached hydrogen (secondary N) is 1. The van der Waals surface area contributed by atoms with E-state index in [1.54, 1.807) is 7.11 Å². The maximum absolute atomic E-state index is 5.74. The highest BCUT2D eigenvalue weighted by atomic mass is 16.5. The summed E-state index contributed by atoms with van der Waals surface area (Å²) >= 11 is 0. The maximum atomic E-state index is 5.74. The number of rotatable bonds is 8. The minimum atomic E-state index is 0.00998. The van der Waals surface area contributed by atoms with Crippen LogP contribution in [0, 0.1) is 12.8 Å². The van der Waals surface area contributed by atoms with Crippen molar-refractivity contribution in [3.05, 3.63) is 23.4 Å². The zero-order valence-corrected chi connectivity index (χ0v) is 12.7. The van der Waals surface area contributed by atoms with E-state index in [1.165, 1.54) is 5.56 Å². The quantitative estimate of drug-likeness (QED) is 0.785. The molecule has 19 heavy (non-hydrogen) atoms. The smallest absolute Gasteiger partial charge is 0.214 e. The van der Waals surface area contributed by atoms with Gasteiger partial charge in [-0.15, -0.1) is 0 Å². The van der Waals surface area contributed by atoms with E-state index in [4.69, 9.17) is 9.47 Å². The molecule has 0 aliphatic heterocycles. The fourth-order valence-corrected chi connectivity index (χ4v) is 1.85. The van der Waals surface area contributed by atoms with E-state index >= 15 is 0 Å². The van der Waals surface area contributed by atoms with Gasteiger partial charge in [-0.05, 0) is 37.9 Å². The Bertz CT molecular complexity index is 380. The first-order valence-electron chi connectivity index (χ1n) is 6.85. The average molecular weight is 266 g/mol. The molecule has 1 rings (SSSR count). The highest BCUT2D eigenvalue weighted by molar-refractivity contribution is 5.24. The van der Waals surface area contributed by atoms with Crippen molar-refractivity contribution in [2.45, 2.75) is 40.3 Å². The van der Waals surface area contributed by atoms with Crippen LogP contribution in [0.5, 0.6) is 5.88 Å². The lowest BCUT2D eigenvalue weighted by atomic mass is 10.2. The van der Waals surface area contributed by atoms with Gasteiger partial charge in [-0.1, -0.05) is 13.8 Å². The molecule has 0 aliphatic rings. The molecule has 0 radical (unpaired) electrons. The summed E-state index contributed by atoms with van der Waals surface area (Å²) in [7, 11) is 1.67. The van der Waals surface area contributed by atoms with Gasteiger partial charge in [0.1, 0.15) is 6.10 Å². The van der Waals surface area contributed by atoms with Crippen LogP contribution in [0.1, 0.15) is 32.0 Å². The zero-order valence-electron chi connectivity index (χ0n) is 12.7. The van der Waals surface area contributed by atoms with Gasteiger partial charge in [0, 0.05) is 25.4 Å². The molecule has 0 bridgehead atoms. The molecule has 0 saturated carbocycles. The summed E-state index contributed by atoms with van der Waals surface area (Å²) in [6.07, 6.45) is 0.00998. The second kappa shape index (κ2) is 8.12. The van der Waals surface area contributed by atoms with Crippen LogP contribution in [0.2, 0.25) is 0 Å². The van der Waals surface area contributed by atoms with Crippen LogP contribution >= 0.6 is 0 Å². The van der Waals surface area contributed by atoms with Gasteiger partial charge < -0.3 is 14.8 Å². The Morgan fingerprint density at radius 1 is 1.26 bits per heavy atom. The van der Waals surface area contributed by atoms with Crippen molar-refractivity contribution in [2.75, 3.05) is 20.3 Å². The fourth-order valence-electron chi connectivity index (χ4n) is 1.85. The third-order valence-electron chi connectivity index (χ3n) is 2.59. The Balaban J connectivity index is 2.60. The van der Waals surface area contributed by atoms with Crippen molar-refractivity contribution in [1.29, 1.82) is 0 Å². The van der Waals surface area contributed by atoms with E-state index in [0.717, 1.165) is 18.8 Å². The molecule has 1 heterocycles. The predicted octanol–water partition coefficient (Wildman–Crippen LogP) is 2.55. The lowest BCUT2D eigenvalue weighted by Gasteiger charge is -2.14. The molecule has 4 nitrogen and oxygen atoms in total. The number of hydrogen-bond acceptors (Lipinski definition) is 4. The summed E-state index contributed by atoms with van der Waals surface area (Å²) in [5.74, 6) is 1.33. The molecular weight excluding hydrogens is 240 g/mol. The molecule has 1 unspecified atom stereocenters. The molecular formula is C15H26N2O2. The standard InChI is InChI=1S/C15H26N2O2/c1-11(2)8-16-9-14-6-12(3)17-15(7-14)19-13(4)10-18-5/h6-7,11,13,16H,8-10H2,1-5H3. The van der Waals surface area contributed by atoms with Crippen LogP contribution < -0.4 is 10.1 Å². The Labute approximate surface area is 116 Å². The number of aromatic nitrogens is 1. The topological polar surface area (TPSA) is 43.4 Å². The predicted molar refractivity (Wildman–Crippen MR) is 77.5 cm³/mol. The Hall–Kier alpha value is -1.13. The van der Waals surface area contributed by atoms with Gasteiger partial charge in [0.2, 0.25) is 5.88 Å². The van der Waals surface area contributed by atoms with Gasteiger partial charge >= 0.3 is 0 Å². The Morgan fingerprint density at radius 3 is 2.63 bits per heavy atom. The first kappa shape index (κ1) is 15.9. The average Bonchev–Trinajstić information content (AvgIpc) is 2.27. The number of aryl methyl sites for hydroxylation is 1. The third-order valence-corrected chi connectivity index (χ3v) is 2.59. The van der Waals surface area contributed by atoms with Crippen molar-refractivity contribution in [1.82, 2.24) is 10.3 Å². The molecule has 0 fully saturated rings. The Kier molecular flexibility index (Phi) is 6.81. The molecule has 0 spiro atoms. The second-order valence-corrected chi connectivity index (χ2v) is 5.36. The molecule has 0 saturated heterocycles. The van der Waals surface area contributed by atoms with Crippen LogP contribution in [-0.4, -0.2) is 31.3 Å². The van der Waals surface area contributed by atoms with Gasteiger partial charge in [0.25, 0.3) is 0 Å². The monoisotopic (exact) mass is 266 g/mol. The summed E-state index contributed by atoms with van der Waals surface area (Å²) in [4.78, 5) is 4.39. The van der Waals surface area contributed by atoms with Gasteiger partial charge in [-0.2, -0.15) is 0 Å². The third kappa shape index (κ3) is 6.55. The first-order valence-corrected chi connectivity index (χ1v) is 6.85. The van der Waals surface area contributed by atoms with Crippen molar-refractivity contribution in [2.24, 2.45) is 5.92 Å². The van der Waals surface area contributed by atoms with Crippen LogP contribution in [0.25, 0.3) is 0 Å². The molecule has 4 heteroatoms. The summed E-state index contributed by atoms with van der Waals surface area (Å²) < 4.78 is 10.8. The number of nitrogens with zero attached hydrogens (tertiary/aromatic N) is 1. The molecule has 1 aromatic heterocycles. The maximum Gasteiger partial charge on any atom is 0.214 e. The number of ether oxygens (including phenoxy) is 2. The molecule has 0 aliphatic carbocycles. The van der Waals surface area contributed by atoms with E-state index in [9.17, 15) is 0 Å². The fraction of sp³-hybridized carbons (Fsp3) is 0.667. The largest absolute Gasteiger partial charge is 0.472 e. The second-order valence-electron chi connectivity index (χ2n) is 5.36. The summed E-state index contributed by atoms with van der Waals surface area (Å²) in [5, 5.41) is 3.43. The van der Waals surface area contributed by atoms with Crippen molar-refractivity contribution < 1.29 is 9.47 Å². The molecule has 108 valence electrons. The van der Waals surface area contributed by atoms with Crippen LogP contribution in [0.3, 0.4) is 0 Å². The van der Waals surface area contributed by atoms with E-state index in [1.807, 2.05) is 19.9 Å². The zero-order chi connectivity index (χ0) is 14.3. The van der Waals surface area contributed by atoms with E-state index in [-0.39, 0.29) is 6.10 Å². The van der Waals surface area contributed by atoms with Gasteiger partial charge in [0.15, 0.2) is 0 Å². The summed E-state index contributed by atoms with van der Waals surface area (Å²) in [5.41, 5.74) is 2.18. The molecule has 1 N–H and O–H groups in total. The van der Waals surface area contributed by atoms with E-state index in [2.05, 4.69) is 30.2 Å². The van der Waals surface area contributed by atoms with Crippen LogP contribution in [0.15, 0.2) is 12.1 Å². The van der Waals surface area contributed by atoms with Gasteiger partial charge in [0.05, 0.1) is 6.61 Å². The van der Waals surface area contributed by atoms with Gasteiger partial charge in [-0.3, -0.25) is 0 Å². The SMILES string of the molecule is COCC(C)Oc1cc(CNCC(C)C)cc(C)n1. The molecule has 1 aromatic rings. The Morgan fingerprint density at radius 2 is 2.00 bits per heavy atom. The lowest BCUT2D eigenvalue weighted by molar-refractivity contribution is 0.0888. The normalized spacial score (nSPS) is 12.7. The minimum absolute atomic E-state index is 0.00998. The van der Waals surface area contributed by atoms with Crippen LogP contribution in [-0.2, 0) is 11.3 Å². The number of hydrogen-bond donors (Lipinski definition) is 1. The minimum Gasteiger partial charge on any atom is -0.472 e. The molecule has 0 aromatic carbocycles. The summed E-state index contributed by atoms with van der Waals surface area (Å²) in [6.45, 7) is 10.8. The van der Waals surface area contributed by atoms with Crippen molar-refractivity contribution >= 4 is 0 Å². The van der Waals surface area contributed by atoms with E-state index in [0.29, 0.717) is 18.4 Å². The highest BCUT2D eigenvalue weighted by Crippen LogP contribution is 2.14. The molecule has 1 atom stereocenters. The lowest BCUT2D eigenvalue weighted by Crippen LogP contribution is -2.20. The first-order chi connectivity index (χ1) is 9.01. The van der Waals surface area contributed by atoms with Gasteiger partial charge in [-0.25, -0.2) is 4.98 Å².